The fourth-order valence-electron chi connectivity index (χ4n) is 2.88. The zero-order valence-corrected chi connectivity index (χ0v) is 16.5. The van der Waals surface area contributed by atoms with Gasteiger partial charge in [-0.25, -0.2) is 4.39 Å². The number of hydrogen-bond acceptors (Lipinski definition) is 3. The summed E-state index contributed by atoms with van der Waals surface area (Å²) in [4.78, 5) is 12.6. The van der Waals surface area contributed by atoms with Crippen molar-refractivity contribution >= 4 is 12.0 Å². The van der Waals surface area contributed by atoms with Crippen LogP contribution in [0.2, 0.25) is 0 Å². The Hall–Kier alpha value is -3.91. The summed E-state index contributed by atoms with van der Waals surface area (Å²) in [5, 5.41) is 12.4. The zero-order chi connectivity index (χ0) is 21.3. The van der Waals surface area contributed by atoms with Crippen molar-refractivity contribution in [3.63, 3.8) is 0 Å². The Morgan fingerprint density at radius 3 is 2.43 bits per heavy atom. The van der Waals surface area contributed by atoms with Gasteiger partial charge < -0.3 is 10.1 Å². The highest BCUT2D eigenvalue weighted by atomic mass is 19.1. The van der Waals surface area contributed by atoms with E-state index in [2.05, 4.69) is 5.32 Å². The summed E-state index contributed by atoms with van der Waals surface area (Å²) in [6.45, 7) is 2.10. The van der Waals surface area contributed by atoms with Crippen LogP contribution in [0, 0.1) is 17.1 Å². The quantitative estimate of drug-likeness (QED) is 0.439. The number of benzene rings is 3. The van der Waals surface area contributed by atoms with Gasteiger partial charge in [0.1, 0.15) is 29.8 Å². The molecule has 0 fully saturated rings. The van der Waals surface area contributed by atoms with Crippen molar-refractivity contribution in [1.82, 2.24) is 5.32 Å². The fourth-order valence-corrected chi connectivity index (χ4v) is 2.88. The van der Waals surface area contributed by atoms with Crippen LogP contribution in [-0.4, -0.2) is 5.91 Å². The molecular formula is C25H21FN2O2. The van der Waals surface area contributed by atoms with Crippen LogP contribution < -0.4 is 10.1 Å². The fraction of sp³-hybridized carbons (Fsp3) is 0.120. The van der Waals surface area contributed by atoms with Crippen molar-refractivity contribution in [3.05, 3.63) is 107 Å². The number of carbonyl (C=O) groups excluding carboxylic acids is 1. The molecule has 3 aromatic carbocycles. The molecule has 0 unspecified atom stereocenters. The molecular weight excluding hydrogens is 379 g/mol. The summed E-state index contributed by atoms with van der Waals surface area (Å²) in [5.41, 5.74) is 2.35. The molecule has 0 heterocycles. The molecule has 0 bridgehead atoms. The molecule has 1 atom stereocenters. The molecule has 30 heavy (non-hydrogen) atoms. The van der Waals surface area contributed by atoms with E-state index in [0.717, 1.165) is 11.1 Å². The number of nitrogens with one attached hydrogen (secondary N) is 1. The summed E-state index contributed by atoms with van der Waals surface area (Å²) in [6.07, 6.45) is 1.51. The predicted molar refractivity (Wildman–Crippen MR) is 114 cm³/mol. The Morgan fingerprint density at radius 1 is 1.07 bits per heavy atom. The Labute approximate surface area is 175 Å². The molecule has 3 rings (SSSR count). The lowest BCUT2D eigenvalue weighted by atomic mass is 10.1. The summed E-state index contributed by atoms with van der Waals surface area (Å²) in [6, 6.07) is 24.4. The van der Waals surface area contributed by atoms with Crippen LogP contribution in [-0.2, 0) is 11.4 Å². The molecule has 0 saturated heterocycles. The molecule has 1 amide bonds. The second-order valence-electron chi connectivity index (χ2n) is 6.73. The lowest BCUT2D eigenvalue weighted by molar-refractivity contribution is -0.117. The van der Waals surface area contributed by atoms with Gasteiger partial charge in [-0.2, -0.15) is 5.26 Å². The Bertz CT molecular complexity index is 1070. The molecule has 3 aromatic rings. The van der Waals surface area contributed by atoms with E-state index in [0.29, 0.717) is 11.3 Å². The lowest BCUT2D eigenvalue weighted by Crippen LogP contribution is -2.27. The van der Waals surface area contributed by atoms with Gasteiger partial charge in [0, 0.05) is 5.56 Å². The maximum Gasteiger partial charge on any atom is 0.262 e. The highest BCUT2D eigenvalue weighted by Crippen LogP contribution is 2.23. The summed E-state index contributed by atoms with van der Waals surface area (Å²) in [5.74, 6) is -0.239. The van der Waals surface area contributed by atoms with Crippen molar-refractivity contribution in [2.75, 3.05) is 0 Å². The molecule has 0 aromatic heterocycles. The number of rotatable bonds is 7. The van der Waals surface area contributed by atoms with Crippen molar-refractivity contribution in [1.29, 1.82) is 5.26 Å². The Balaban J connectivity index is 1.74. The van der Waals surface area contributed by atoms with Gasteiger partial charge in [-0.1, -0.05) is 60.7 Å². The SMILES string of the molecule is C[C@H](NC(=O)/C(C#N)=C\c1ccccc1OCc1ccc(F)cc1)c1ccccc1. The Kier molecular flexibility index (Phi) is 6.96. The van der Waals surface area contributed by atoms with Gasteiger partial charge in [0.25, 0.3) is 5.91 Å². The summed E-state index contributed by atoms with van der Waals surface area (Å²) in [7, 11) is 0. The number of nitrogens with zero attached hydrogens (tertiary/aromatic N) is 1. The molecule has 4 nitrogen and oxygen atoms in total. The number of hydrogen-bond donors (Lipinski definition) is 1. The van der Waals surface area contributed by atoms with Crippen LogP contribution in [0.3, 0.4) is 0 Å². The number of carbonyl (C=O) groups is 1. The van der Waals surface area contributed by atoms with Gasteiger partial charge in [0.15, 0.2) is 0 Å². The minimum atomic E-state index is -0.456. The van der Waals surface area contributed by atoms with E-state index in [1.807, 2.05) is 43.3 Å². The number of para-hydroxylation sites is 1. The van der Waals surface area contributed by atoms with Crippen molar-refractivity contribution in [2.45, 2.75) is 19.6 Å². The minimum absolute atomic E-state index is 0.0180. The normalized spacial score (nSPS) is 12.0. The van der Waals surface area contributed by atoms with Crippen molar-refractivity contribution < 1.29 is 13.9 Å². The van der Waals surface area contributed by atoms with E-state index in [9.17, 15) is 14.4 Å². The summed E-state index contributed by atoms with van der Waals surface area (Å²) < 4.78 is 18.9. The topological polar surface area (TPSA) is 62.1 Å². The monoisotopic (exact) mass is 400 g/mol. The molecule has 5 heteroatoms. The van der Waals surface area contributed by atoms with Crippen LogP contribution in [0.15, 0.2) is 84.4 Å². The number of nitriles is 1. The average Bonchev–Trinajstić information content (AvgIpc) is 2.78. The Morgan fingerprint density at radius 2 is 1.73 bits per heavy atom. The third kappa shape index (κ3) is 5.55. The third-order valence-corrected chi connectivity index (χ3v) is 4.54. The van der Waals surface area contributed by atoms with E-state index in [-0.39, 0.29) is 24.0 Å². The molecule has 0 spiro atoms. The maximum atomic E-state index is 13.1. The van der Waals surface area contributed by atoms with Crippen LogP contribution >= 0.6 is 0 Å². The largest absolute Gasteiger partial charge is 0.488 e. The first-order chi connectivity index (χ1) is 14.6. The minimum Gasteiger partial charge on any atom is -0.488 e. The van der Waals surface area contributed by atoms with E-state index in [1.54, 1.807) is 36.4 Å². The molecule has 0 aliphatic heterocycles. The highest BCUT2D eigenvalue weighted by molar-refractivity contribution is 6.02. The van der Waals surface area contributed by atoms with Gasteiger partial charge in [-0.05, 0) is 42.3 Å². The molecule has 0 aliphatic carbocycles. The maximum absolute atomic E-state index is 13.1. The third-order valence-electron chi connectivity index (χ3n) is 4.54. The van der Waals surface area contributed by atoms with Gasteiger partial charge in [-0.3, -0.25) is 4.79 Å². The van der Waals surface area contributed by atoms with Gasteiger partial charge >= 0.3 is 0 Å². The molecule has 1 N–H and O–H groups in total. The van der Waals surface area contributed by atoms with E-state index < -0.39 is 5.91 Å². The van der Waals surface area contributed by atoms with Crippen molar-refractivity contribution in [3.8, 4) is 11.8 Å². The first-order valence-corrected chi connectivity index (χ1v) is 9.50. The predicted octanol–water partition coefficient (Wildman–Crippen LogP) is 5.19. The smallest absolute Gasteiger partial charge is 0.262 e. The molecule has 150 valence electrons. The molecule has 0 radical (unpaired) electrons. The number of ether oxygens (including phenoxy) is 1. The van der Waals surface area contributed by atoms with Crippen LogP contribution in [0.25, 0.3) is 6.08 Å². The van der Waals surface area contributed by atoms with E-state index in [4.69, 9.17) is 4.74 Å². The first-order valence-electron chi connectivity index (χ1n) is 9.50. The van der Waals surface area contributed by atoms with E-state index >= 15 is 0 Å². The first kappa shape index (κ1) is 20.8. The van der Waals surface area contributed by atoms with Crippen LogP contribution in [0.1, 0.15) is 29.7 Å². The van der Waals surface area contributed by atoms with Crippen LogP contribution in [0.5, 0.6) is 5.75 Å². The van der Waals surface area contributed by atoms with Crippen molar-refractivity contribution in [2.24, 2.45) is 0 Å². The summed E-state index contributed by atoms with van der Waals surface area (Å²) >= 11 is 0. The molecule has 0 saturated carbocycles. The number of amides is 1. The van der Waals surface area contributed by atoms with Crippen LogP contribution in [0.4, 0.5) is 4.39 Å². The van der Waals surface area contributed by atoms with Gasteiger partial charge in [0.2, 0.25) is 0 Å². The zero-order valence-electron chi connectivity index (χ0n) is 16.5. The number of halogens is 1. The lowest BCUT2D eigenvalue weighted by Gasteiger charge is -2.14. The second kappa shape index (κ2) is 10.0. The highest BCUT2D eigenvalue weighted by Gasteiger charge is 2.14. The van der Waals surface area contributed by atoms with E-state index in [1.165, 1.54) is 18.2 Å². The van der Waals surface area contributed by atoms with Gasteiger partial charge in [-0.15, -0.1) is 0 Å². The second-order valence-corrected chi connectivity index (χ2v) is 6.73. The molecule has 0 aliphatic rings. The van der Waals surface area contributed by atoms with Gasteiger partial charge in [0.05, 0.1) is 6.04 Å². The standard InChI is InChI=1S/C25H21FN2O2/c1-18(20-7-3-2-4-8-20)28-25(29)22(16-27)15-21-9-5-6-10-24(21)30-17-19-11-13-23(26)14-12-19/h2-15,18H,17H2,1H3,(H,28,29)/b22-15-/t18-/m0/s1. The average molecular weight is 400 g/mol.